The van der Waals surface area contributed by atoms with Crippen molar-refractivity contribution in [1.82, 2.24) is 19.9 Å². The molecule has 0 fully saturated rings. The van der Waals surface area contributed by atoms with Crippen LogP contribution in [0.25, 0.3) is 32.4 Å². The fraction of sp³-hybridized carbons (Fsp3) is 0. The van der Waals surface area contributed by atoms with E-state index < -0.39 is 0 Å². The van der Waals surface area contributed by atoms with Gasteiger partial charge in [0.05, 0.1) is 22.6 Å². The van der Waals surface area contributed by atoms with Gasteiger partial charge >= 0.3 is 0 Å². The van der Waals surface area contributed by atoms with Gasteiger partial charge in [0, 0.05) is 28.9 Å². The predicted octanol–water partition coefficient (Wildman–Crippen LogP) is 4.75. The maximum atomic E-state index is 4.40. The Morgan fingerprint density at radius 2 is 1.79 bits per heavy atom. The van der Waals surface area contributed by atoms with E-state index in [9.17, 15) is 0 Å². The van der Waals surface area contributed by atoms with E-state index in [2.05, 4.69) is 48.0 Å². The first-order valence-corrected chi connectivity index (χ1v) is 9.54. The van der Waals surface area contributed by atoms with Crippen molar-refractivity contribution < 1.29 is 0 Å². The van der Waals surface area contributed by atoms with E-state index in [1.807, 2.05) is 36.4 Å². The molecule has 0 spiro atoms. The molecule has 3 heterocycles. The molecule has 0 aliphatic carbocycles. The first-order valence-electron chi connectivity index (χ1n) is 8.66. The summed E-state index contributed by atoms with van der Waals surface area (Å²) in [6.45, 7) is 0. The Bertz CT molecular complexity index is 1290. The number of hydrogen-bond donors (Lipinski definition) is 1. The van der Waals surface area contributed by atoms with Gasteiger partial charge in [-0.2, -0.15) is 5.10 Å². The largest absolute Gasteiger partial charge is 0.261 e. The second-order valence-corrected chi connectivity index (χ2v) is 6.92. The average molecular weight is 382 g/mol. The monoisotopic (exact) mass is 382 g/mol. The molecule has 28 heavy (non-hydrogen) atoms. The van der Waals surface area contributed by atoms with Crippen LogP contribution in [0.5, 0.6) is 0 Å². The molecule has 0 bridgehead atoms. The molecule has 134 valence electrons. The summed E-state index contributed by atoms with van der Waals surface area (Å²) >= 11 is 1.59. The summed E-state index contributed by atoms with van der Waals surface area (Å²) in [7, 11) is 0. The molecule has 3 aromatic heterocycles. The Morgan fingerprint density at radius 1 is 0.893 bits per heavy atom. The van der Waals surface area contributed by atoms with Crippen molar-refractivity contribution >= 4 is 44.6 Å². The molecule has 7 heteroatoms. The molecule has 5 rings (SSSR count). The van der Waals surface area contributed by atoms with Crippen LogP contribution in [0, 0.1) is 0 Å². The van der Waals surface area contributed by atoms with Crippen molar-refractivity contribution in [3.05, 3.63) is 78.2 Å². The number of hydrogen-bond acceptors (Lipinski definition) is 7. The third-order valence-corrected chi connectivity index (χ3v) is 5.25. The molecule has 1 N–H and O–H groups in total. The maximum absolute atomic E-state index is 4.40. The molecular weight excluding hydrogens is 368 g/mol. The summed E-state index contributed by atoms with van der Waals surface area (Å²) in [5.41, 5.74) is 7.82. The number of benzene rings is 2. The van der Waals surface area contributed by atoms with Crippen molar-refractivity contribution in [2.45, 2.75) is 0 Å². The van der Waals surface area contributed by atoms with Crippen molar-refractivity contribution in [2.24, 2.45) is 5.10 Å². The zero-order chi connectivity index (χ0) is 18.8. The molecular formula is C21H14N6S. The van der Waals surface area contributed by atoms with E-state index in [1.54, 1.807) is 36.3 Å². The first-order chi connectivity index (χ1) is 13.9. The number of hydrazone groups is 1. The van der Waals surface area contributed by atoms with Crippen LogP contribution >= 0.6 is 11.3 Å². The summed E-state index contributed by atoms with van der Waals surface area (Å²) < 4.78 is 0. The molecule has 0 aliphatic rings. The second-order valence-electron chi connectivity index (χ2n) is 6.06. The van der Waals surface area contributed by atoms with Gasteiger partial charge in [0.25, 0.3) is 0 Å². The average Bonchev–Trinajstić information content (AvgIpc) is 3.20. The van der Waals surface area contributed by atoms with Crippen molar-refractivity contribution in [3.63, 3.8) is 0 Å². The van der Waals surface area contributed by atoms with Crippen LogP contribution in [0.4, 0.5) is 5.82 Å². The van der Waals surface area contributed by atoms with Gasteiger partial charge in [0.1, 0.15) is 11.2 Å². The molecule has 0 amide bonds. The lowest BCUT2D eigenvalue weighted by Gasteiger charge is -2.05. The molecule has 5 aromatic rings. The van der Waals surface area contributed by atoms with Gasteiger partial charge in [-0.1, -0.05) is 42.5 Å². The topological polar surface area (TPSA) is 76.0 Å². The van der Waals surface area contributed by atoms with Crippen molar-refractivity contribution in [3.8, 4) is 11.1 Å². The maximum Gasteiger partial charge on any atom is 0.159 e. The molecule has 2 aromatic carbocycles. The standard InChI is InChI=1S/C21H14N6S/c1-2-5-14(6-3-1)16-12-28-21-18(16)20(24-13-25-21)27-26-11-15-7-4-8-17-19(15)23-10-9-22-17/h1-13H,(H,24,25,27). The summed E-state index contributed by atoms with van der Waals surface area (Å²) in [6, 6.07) is 16.0. The van der Waals surface area contributed by atoms with E-state index in [0.29, 0.717) is 5.82 Å². The van der Waals surface area contributed by atoms with Gasteiger partial charge in [0.2, 0.25) is 0 Å². The normalized spacial score (nSPS) is 11.4. The Labute approximate surface area is 164 Å². The van der Waals surface area contributed by atoms with E-state index in [1.165, 1.54) is 0 Å². The lowest BCUT2D eigenvalue weighted by Crippen LogP contribution is -1.96. The molecule has 0 unspecified atom stereocenters. The zero-order valence-electron chi connectivity index (χ0n) is 14.6. The van der Waals surface area contributed by atoms with Crippen LogP contribution in [-0.4, -0.2) is 26.2 Å². The van der Waals surface area contributed by atoms with Gasteiger partial charge in [-0.05, 0) is 11.6 Å². The Hall–Kier alpha value is -3.71. The van der Waals surface area contributed by atoms with Gasteiger partial charge in [-0.15, -0.1) is 11.3 Å². The van der Waals surface area contributed by atoms with Gasteiger partial charge in [0.15, 0.2) is 5.82 Å². The number of anilines is 1. The number of aromatic nitrogens is 4. The molecule has 0 atom stereocenters. The van der Waals surface area contributed by atoms with Gasteiger partial charge in [-0.25, -0.2) is 9.97 Å². The smallest absolute Gasteiger partial charge is 0.159 e. The minimum Gasteiger partial charge on any atom is -0.261 e. The van der Waals surface area contributed by atoms with E-state index in [-0.39, 0.29) is 0 Å². The van der Waals surface area contributed by atoms with Gasteiger partial charge in [-0.3, -0.25) is 15.4 Å². The van der Waals surface area contributed by atoms with Crippen molar-refractivity contribution in [1.29, 1.82) is 0 Å². The number of thiophene rings is 1. The summed E-state index contributed by atoms with van der Waals surface area (Å²) in [5.74, 6) is 0.674. The third-order valence-electron chi connectivity index (χ3n) is 4.36. The first kappa shape index (κ1) is 16.5. The minimum absolute atomic E-state index is 0.674. The molecule has 0 saturated carbocycles. The highest BCUT2D eigenvalue weighted by Gasteiger charge is 2.12. The fourth-order valence-electron chi connectivity index (χ4n) is 3.07. The third kappa shape index (κ3) is 2.97. The molecule has 0 radical (unpaired) electrons. The quantitative estimate of drug-likeness (QED) is 0.359. The van der Waals surface area contributed by atoms with Crippen LogP contribution < -0.4 is 5.43 Å². The number of para-hydroxylation sites is 1. The Balaban J connectivity index is 1.52. The number of nitrogens with one attached hydrogen (secondary N) is 1. The molecule has 6 nitrogen and oxygen atoms in total. The van der Waals surface area contributed by atoms with Crippen LogP contribution in [0.15, 0.2) is 77.7 Å². The summed E-state index contributed by atoms with van der Waals surface area (Å²) in [6.07, 6.45) is 6.65. The van der Waals surface area contributed by atoms with Crippen LogP contribution in [0.1, 0.15) is 5.56 Å². The zero-order valence-corrected chi connectivity index (χ0v) is 15.5. The van der Waals surface area contributed by atoms with Crippen LogP contribution in [-0.2, 0) is 0 Å². The second kappa shape index (κ2) is 7.13. The summed E-state index contributed by atoms with van der Waals surface area (Å²) in [4.78, 5) is 18.4. The van der Waals surface area contributed by atoms with E-state index >= 15 is 0 Å². The number of fused-ring (bicyclic) bond motifs is 2. The SMILES string of the molecule is C(=NNc1ncnc2scc(-c3ccccc3)c12)c1cccc2nccnc12. The van der Waals surface area contributed by atoms with Crippen LogP contribution in [0.2, 0.25) is 0 Å². The Kier molecular flexibility index (Phi) is 4.19. The lowest BCUT2D eigenvalue weighted by molar-refractivity contribution is 1.19. The number of rotatable bonds is 4. The summed E-state index contributed by atoms with van der Waals surface area (Å²) in [5, 5.41) is 7.47. The molecule has 0 saturated heterocycles. The highest BCUT2D eigenvalue weighted by molar-refractivity contribution is 7.17. The highest BCUT2D eigenvalue weighted by atomic mass is 32.1. The van der Waals surface area contributed by atoms with E-state index in [4.69, 9.17) is 0 Å². The highest BCUT2D eigenvalue weighted by Crippen LogP contribution is 2.36. The predicted molar refractivity (Wildman–Crippen MR) is 114 cm³/mol. The van der Waals surface area contributed by atoms with Crippen LogP contribution in [0.3, 0.4) is 0 Å². The molecule has 0 aliphatic heterocycles. The fourth-order valence-corrected chi connectivity index (χ4v) is 3.99. The minimum atomic E-state index is 0.674. The van der Waals surface area contributed by atoms with Crippen molar-refractivity contribution in [2.75, 3.05) is 5.43 Å². The lowest BCUT2D eigenvalue weighted by atomic mass is 10.1. The Morgan fingerprint density at radius 3 is 2.71 bits per heavy atom. The van der Waals surface area contributed by atoms with Gasteiger partial charge < -0.3 is 0 Å². The number of nitrogens with zero attached hydrogens (tertiary/aromatic N) is 5. The van der Waals surface area contributed by atoms with E-state index in [0.717, 1.165) is 37.9 Å².